The van der Waals surface area contributed by atoms with Crippen molar-refractivity contribution in [2.45, 2.75) is 13.3 Å². The van der Waals surface area contributed by atoms with Gasteiger partial charge in [-0.05, 0) is 12.5 Å². The summed E-state index contributed by atoms with van der Waals surface area (Å²) in [6, 6.07) is 2.28. The van der Waals surface area contributed by atoms with E-state index in [4.69, 9.17) is 17.3 Å². The van der Waals surface area contributed by atoms with Crippen LogP contribution in [0.15, 0.2) is 12.1 Å². The van der Waals surface area contributed by atoms with Crippen LogP contribution < -0.4 is 10.6 Å². The topological polar surface area (TPSA) is 133 Å². The fourth-order valence-electron chi connectivity index (χ4n) is 2.13. The molecule has 0 aliphatic rings. The summed E-state index contributed by atoms with van der Waals surface area (Å²) in [6.45, 7) is 2.61. The number of alkyl halides is 1. The predicted molar refractivity (Wildman–Crippen MR) is 81.5 cm³/mol. The third kappa shape index (κ3) is 3.61. The van der Waals surface area contributed by atoms with E-state index in [-0.39, 0.29) is 11.6 Å². The minimum Gasteiger partial charge on any atom is -0.365 e. The van der Waals surface area contributed by atoms with Crippen molar-refractivity contribution in [1.82, 2.24) is 0 Å². The summed E-state index contributed by atoms with van der Waals surface area (Å²) in [6.07, 6.45) is 0.678. The lowest BCUT2D eigenvalue weighted by atomic mass is 10.1. The summed E-state index contributed by atoms with van der Waals surface area (Å²) in [4.78, 5) is 33.7. The van der Waals surface area contributed by atoms with E-state index in [1.807, 2.05) is 6.92 Å². The zero-order valence-electron chi connectivity index (χ0n) is 11.8. The molecule has 0 radical (unpaired) electrons. The zero-order valence-corrected chi connectivity index (χ0v) is 12.6. The van der Waals surface area contributed by atoms with Crippen molar-refractivity contribution in [3.63, 3.8) is 0 Å². The van der Waals surface area contributed by atoms with E-state index in [2.05, 4.69) is 0 Å². The van der Waals surface area contributed by atoms with Crippen LogP contribution in [0.5, 0.6) is 0 Å². The lowest BCUT2D eigenvalue weighted by molar-refractivity contribution is -0.394. The second kappa shape index (κ2) is 7.55. The molecular weight excluding hydrogens is 316 g/mol. The minimum absolute atomic E-state index is 0.0897. The Kier molecular flexibility index (Phi) is 6.05. The molecule has 0 fully saturated rings. The lowest BCUT2D eigenvalue weighted by Gasteiger charge is -2.23. The van der Waals surface area contributed by atoms with Gasteiger partial charge in [-0.3, -0.25) is 25.0 Å². The summed E-state index contributed by atoms with van der Waals surface area (Å²) in [7, 11) is 0. The van der Waals surface area contributed by atoms with E-state index in [1.54, 1.807) is 4.90 Å². The highest BCUT2D eigenvalue weighted by Crippen LogP contribution is 2.37. The molecule has 9 nitrogen and oxygen atoms in total. The number of halogens is 1. The maximum Gasteiger partial charge on any atom is 0.312 e. The van der Waals surface area contributed by atoms with Crippen molar-refractivity contribution in [3.05, 3.63) is 37.9 Å². The molecule has 0 heterocycles. The van der Waals surface area contributed by atoms with Crippen LogP contribution in [0.1, 0.15) is 23.7 Å². The quantitative estimate of drug-likeness (QED) is 0.440. The van der Waals surface area contributed by atoms with Crippen molar-refractivity contribution in [1.29, 1.82) is 0 Å². The van der Waals surface area contributed by atoms with Crippen LogP contribution in [0.25, 0.3) is 0 Å². The van der Waals surface area contributed by atoms with Gasteiger partial charge in [-0.2, -0.15) is 0 Å². The average Bonchev–Trinajstić information content (AvgIpc) is 2.45. The number of nitro benzene ring substituents is 2. The van der Waals surface area contributed by atoms with Gasteiger partial charge in [0.2, 0.25) is 0 Å². The monoisotopic (exact) mass is 330 g/mol. The molecule has 0 unspecified atom stereocenters. The number of primary amides is 1. The van der Waals surface area contributed by atoms with Gasteiger partial charge in [0.15, 0.2) is 5.56 Å². The predicted octanol–water partition coefficient (Wildman–Crippen LogP) is 2.06. The van der Waals surface area contributed by atoms with Crippen LogP contribution in [0.3, 0.4) is 0 Å². The van der Waals surface area contributed by atoms with E-state index in [1.165, 1.54) is 6.07 Å². The normalized spacial score (nSPS) is 10.3. The number of amides is 1. The minimum atomic E-state index is -1.22. The maximum atomic E-state index is 11.5. The first-order chi connectivity index (χ1) is 10.3. The number of benzene rings is 1. The van der Waals surface area contributed by atoms with E-state index < -0.39 is 32.7 Å². The highest BCUT2D eigenvalue weighted by molar-refractivity contribution is 6.18. The highest BCUT2D eigenvalue weighted by atomic mass is 35.5. The molecule has 22 heavy (non-hydrogen) atoms. The van der Waals surface area contributed by atoms with Crippen LogP contribution in [0.2, 0.25) is 0 Å². The molecule has 2 N–H and O–H groups in total. The summed E-state index contributed by atoms with van der Waals surface area (Å²) in [5.41, 5.74) is 3.14. The average molecular weight is 331 g/mol. The Morgan fingerprint density at radius 2 is 1.91 bits per heavy atom. The Morgan fingerprint density at radius 3 is 2.32 bits per heavy atom. The van der Waals surface area contributed by atoms with Gasteiger partial charge in [-0.15, -0.1) is 11.6 Å². The number of hydrogen-bond acceptors (Lipinski definition) is 6. The fraction of sp³-hybridized carbons (Fsp3) is 0.417. The fourth-order valence-corrected chi connectivity index (χ4v) is 2.33. The number of carbonyl (C=O) groups is 1. The van der Waals surface area contributed by atoms with Crippen LogP contribution in [0, 0.1) is 20.2 Å². The van der Waals surface area contributed by atoms with Crippen LogP contribution in [-0.4, -0.2) is 34.7 Å². The molecule has 1 rings (SSSR count). The molecular formula is C12H15ClN4O5. The van der Waals surface area contributed by atoms with Crippen molar-refractivity contribution >= 4 is 34.6 Å². The molecule has 0 bridgehead atoms. The molecule has 1 aromatic carbocycles. The summed E-state index contributed by atoms with van der Waals surface area (Å²) < 4.78 is 0. The third-order valence-electron chi connectivity index (χ3n) is 2.95. The molecule has 0 atom stereocenters. The molecule has 0 saturated carbocycles. The highest BCUT2D eigenvalue weighted by Gasteiger charge is 2.34. The second-order valence-electron chi connectivity index (χ2n) is 4.38. The van der Waals surface area contributed by atoms with Crippen molar-refractivity contribution in [2.24, 2.45) is 5.73 Å². The van der Waals surface area contributed by atoms with E-state index >= 15 is 0 Å². The van der Waals surface area contributed by atoms with Gasteiger partial charge in [0, 0.05) is 25.0 Å². The maximum absolute atomic E-state index is 11.5. The van der Waals surface area contributed by atoms with E-state index in [9.17, 15) is 25.0 Å². The third-order valence-corrected chi connectivity index (χ3v) is 3.12. The van der Waals surface area contributed by atoms with Gasteiger partial charge in [-0.25, -0.2) is 0 Å². The number of carbonyl (C=O) groups excluding carboxylic acids is 1. The van der Waals surface area contributed by atoms with Crippen molar-refractivity contribution in [3.8, 4) is 0 Å². The summed E-state index contributed by atoms with van der Waals surface area (Å²) >= 11 is 5.69. The Morgan fingerprint density at radius 1 is 1.27 bits per heavy atom. The second-order valence-corrected chi connectivity index (χ2v) is 4.76. The smallest absolute Gasteiger partial charge is 0.312 e. The van der Waals surface area contributed by atoms with E-state index in [0.29, 0.717) is 19.5 Å². The Balaban J connectivity index is 3.65. The molecule has 1 amide bonds. The molecule has 1 aromatic rings. The Bertz CT molecular complexity index is 601. The number of hydrogen-bond donors (Lipinski definition) is 1. The lowest BCUT2D eigenvalue weighted by Crippen LogP contribution is -2.28. The molecule has 120 valence electrons. The first-order valence-corrected chi connectivity index (χ1v) is 6.95. The van der Waals surface area contributed by atoms with Gasteiger partial charge >= 0.3 is 5.69 Å². The number of nitro groups is 2. The molecule has 10 heteroatoms. The van der Waals surface area contributed by atoms with Crippen LogP contribution in [-0.2, 0) is 0 Å². The molecule has 0 saturated heterocycles. The Hall–Kier alpha value is -2.42. The van der Waals surface area contributed by atoms with Gasteiger partial charge in [-0.1, -0.05) is 6.92 Å². The Labute approximate surface area is 130 Å². The SMILES string of the molecule is CCCN(CCCl)c1ccc([N+](=O)[O-])c(C(N)=O)c1[N+](=O)[O-]. The molecule has 0 aliphatic heterocycles. The van der Waals surface area contributed by atoms with Gasteiger partial charge in [0.25, 0.3) is 11.6 Å². The number of nitrogens with zero attached hydrogens (tertiary/aromatic N) is 3. The van der Waals surface area contributed by atoms with Gasteiger partial charge < -0.3 is 10.6 Å². The zero-order chi connectivity index (χ0) is 16.9. The van der Waals surface area contributed by atoms with Gasteiger partial charge in [0.1, 0.15) is 5.69 Å². The first kappa shape index (κ1) is 17.6. The first-order valence-electron chi connectivity index (χ1n) is 6.41. The van der Waals surface area contributed by atoms with E-state index in [0.717, 1.165) is 6.07 Å². The molecule has 0 spiro atoms. The molecule has 0 aliphatic carbocycles. The molecule has 0 aromatic heterocycles. The van der Waals surface area contributed by atoms with Gasteiger partial charge in [0.05, 0.1) is 9.85 Å². The van der Waals surface area contributed by atoms with Crippen LogP contribution >= 0.6 is 11.6 Å². The van der Waals surface area contributed by atoms with Crippen molar-refractivity contribution < 1.29 is 14.6 Å². The number of rotatable bonds is 8. The number of nitrogens with two attached hydrogens (primary N) is 1. The van der Waals surface area contributed by atoms with Crippen LogP contribution in [0.4, 0.5) is 17.1 Å². The number of anilines is 1. The standard InChI is InChI=1S/C12H15ClN4O5/c1-2-6-15(7-5-13)9-4-3-8(16(19)20)10(12(14)18)11(9)17(21)22/h3-4H,2,5-7H2,1H3,(H2,14,18). The summed E-state index contributed by atoms with van der Waals surface area (Å²) in [5, 5.41) is 22.3. The summed E-state index contributed by atoms with van der Waals surface area (Å²) in [5.74, 6) is -1.01. The largest absolute Gasteiger partial charge is 0.365 e. The van der Waals surface area contributed by atoms with Crippen molar-refractivity contribution in [2.75, 3.05) is 23.9 Å².